The number of carbonyl (C=O) groups is 1. The smallest absolute Gasteiger partial charge is 0.266 e. The first kappa shape index (κ1) is 17.4. The van der Waals surface area contributed by atoms with E-state index in [1.807, 2.05) is 18.2 Å². The zero-order valence-electron chi connectivity index (χ0n) is 14.4. The summed E-state index contributed by atoms with van der Waals surface area (Å²) in [5.41, 5.74) is -0.0405. The fraction of sp³-hybridized carbons (Fsp3) is 0.316. The number of benzene rings is 2. The lowest BCUT2D eigenvalue weighted by molar-refractivity contribution is -0.144. The minimum atomic E-state index is -1.00. The van der Waals surface area contributed by atoms with Gasteiger partial charge >= 0.3 is 0 Å². The fourth-order valence-corrected chi connectivity index (χ4v) is 2.81. The van der Waals surface area contributed by atoms with Crippen LogP contribution in [-0.4, -0.2) is 30.2 Å². The maximum absolute atomic E-state index is 12.8. The van der Waals surface area contributed by atoms with E-state index in [0.29, 0.717) is 23.1 Å². The number of halogens is 1. The molecule has 3 rings (SSSR count). The number of nitrogens with zero attached hydrogens (tertiary/aromatic N) is 1. The Kier molecular flexibility index (Phi) is 4.77. The second-order valence-corrected chi connectivity index (χ2v) is 6.85. The maximum atomic E-state index is 12.8. The highest BCUT2D eigenvalue weighted by atomic mass is 35.5. The Morgan fingerprint density at radius 3 is 2.56 bits per heavy atom. The quantitative estimate of drug-likeness (QED) is 0.810. The van der Waals surface area contributed by atoms with Crippen LogP contribution in [0.1, 0.15) is 19.4 Å². The molecule has 5 nitrogen and oxygen atoms in total. The first-order valence-corrected chi connectivity index (χ1v) is 8.31. The molecule has 25 heavy (non-hydrogen) atoms. The molecule has 2 aromatic rings. The summed E-state index contributed by atoms with van der Waals surface area (Å²) in [6.07, 6.45) is 0. The van der Waals surface area contributed by atoms with Crippen molar-refractivity contribution in [3.63, 3.8) is 0 Å². The lowest BCUT2D eigenvalue weighted by Crippen LogP contribution is -2.47. The Morgan fingerprint density at radius 1 is 1.16 bits per heavy atom. The number of likely N-dealkylation sites (N-methyl/N-ethyl adjacent to an activating group) is 1. The minimum Gasteiger partial charge on any atom is -0.478 e. The molecule has 0 saturated heterocycles. The largest absolute Gasteiger partial charge is 0.478 e. The average Bonchev–Trinajstić information content (AvgIpc) is 3.03. The van der Waals surface area contributed by atoms with E-state index in [0.717, 1.165) is 11.3 Å². The standard InChI is InChI=1S/C19H20ClNO4/c1-19(2,25-15-7-5-14(20)6-8-15)18(22)21(3)11-13-4-9-16-17(10-13)24-12-23-16/h4-10H,11-12H2,1-3H3. The predicted molar refractivity (Wildman–Crippen MR) is 95.2 cm³/mol. The SMILES string of the molecule is CN(Cc1ccc2c(c1)OCO2)C(=O)C(C)(C)Oc1ccc(Cl)cc1. The van der Waals surface area contributed by atoms with Gasteiger partial charge in [-0.05, 0) is 55.8 Å². The molecule has 0 unspecified atom stereocenters. The molecule has 0 fully saturated rings. The van der Waals surface area contributed by atoms with Crippen molar-refractivity contribution in [3.05, 3.63) is 53.1 Å². The maximum Gasteiger partial charge on any atom is 0.266 e. The molecule has 0 aromatic heterocycles. The van der Waals surface area contributed by atoms with Gasteiger partial charge in [-0.1, -0.05) is 17.7 Å². The van der Waals surface area contributed by atoms with Gasteiger partial charge in [-0.2, -0.15) is 0 Å². The number of rotatable bonds is 5. The first-order chi connectivity index (χ1) is 11.8. The molecule has 1 heterocycles. The van der Waals surface area contributed by atoms with Crippen LogP contribution in [-0.2, 0) is 11.3 Å². The molecule has 1 aliphatic heterocycles. The van der Waals surface area contributed by atoms with E-state index in [1.54, 1.807) is 50.1 Å². The van der Waals surface area contributed by atoms with Crippen LogP contribution in [0.15, 0.2) is 42.5 Å². The summed E-state index contributed by atoms with van der Waals surface area (Å²) in [5.74, 6) is 1.90. The highest BCUT2D eigenvalue weighted by Crippen LogP contribution is 2.33. The number of amides is 1. The van der Waals surface area contributed by atoms with Crippen molar-refractivity contribution < 1.29 is 19.0 Å². The Hall–Kier alpha value is -2.40. The van der Waals surface area contributed by atoms with Gasteiger partial charge in [-0.3, -0.25) is 4.79 Å². The molecular formula is C19H20ClNO4. The lowest BCUT2D eigenvalue weighted by Gasteiger charge is -2.30. The average molecular weight is 362 g/mol. The zero-order valence-corrected chi connectivity index (χ0v) is 15.2. The van der Waals surface area contributed by atoms with E-state index < -0.39 is 5.60 Å². The molecule has 132 valence electrons. The summed E-state index contributed by atoms with van der Waals surface area (Å²) in [6.45, 7) is 4.18. The van der Waals surface area contributed by atoms with E-state index >= 15 is 0 Å². The van der Waals surface area contributed by atoms with Gasteiger partial charge in [0.2, 0.25) is 6.79 Å². The van der Waals surface area contributed by atoms with E-state index in [2.05, 4.69) is 0 Å². The third-order valence-electron chi connectivity index (χ3n) is 3.91. The van der Waals surface area contributed by atoms with E-state index in [-0.39, 0.29) is 12.7 Å². The Morgan fingerprint density at radius 2 is 1.84 bits per heavy atom. The highest BCUT2D eigenvalue weighted by Gasteiger charge is 2.33. The van der Waals surface area contributed by atoms with E-state index in [1.165, 1.54) is 0 Å². The van der Waals surface area contributed by atoms with Gasteiger partial charge in [0.05, 0.1) is 0 Å². The van der Waals surface area contributed by atoms with Crippen LogP contribution in [0, 0.1) is 0 Å². The zero-order chi connectivity index (χ0) is 18.0. The molecule has 0 radical (unpaired) electrons. The van der Waals surface area contributed by atoms with Crippen molar-refractivity contribution >= 4 is 17.5 Å². The molecule has 0 atom stereocenters. The van der Waals surface area contributed by atoms with Crippen molar-refractivity contribution in [1.82, 2.24) is 4.90 Å². The minimum absolute atomic E-state index is 0.125. The molecule has 0 N–H and O–H groups in total. The predicted octanol–water partition coefficient (Wildman–Crippen LogP) is 3.88. The summed E-state index contributed by atoms with van der Waals surface area (Å²) in [6, 6.07) is 12.6. The third kappa shape index (κ3) is 3.99. The van der Waals surface area contributed by atoms with E-state index in [9.17, 15) is 4.79 Å². The second kappa shape index (κ2) is 6.84. The van der Waals surface area contributed by atoms with Crippen LogP contribution in [0.25, 0.3) is 0 Å². The summed E-state index contributed by atoms with van der Waals surface area (Å²) < 4.78 is 16.5. The molecule has 0 bridgehead atoms. The monoisotopic (exact) mass is 361 g/mol. The van der Waals surface area contributed by atoms with Gasteiger partial charge < -0.3 is 19.1 Å². The number of fused-ring (bicyclic) bond motifs is 1. The van der Waals surface area contributed by atoms with Crippen LogP contribution in [0.3, 0.4) is 0 Å². The molecule has 0 saturated carbocycles. The summed E-state index contributed by atoms with van der Waals surface area (Å²) in [7, 11) is 1.75. The van der Waals surface area contributed by atoms with Gasteiger partial charge in [0, 0.05) is 18.6 Å². The van der Waals surface area contributed by atoms with E-state index in [4.69, 9.17) is 25.8 Å². The molecule has 1 amide bonds. The number of ether oxygens (including phenoxy) is 3. The number of hydrogen-bond donors (Lipinski definition) is 0. The van der Waals surface area contributed by atoms with Gasteiger partial charge in [0.25, 0.3) is 5.91 Å². The lowest BCUT2D eigenvalue weighted by atomic mass is 10.1. The van der Waals surface area contributed by atoms with Gasteiger partial charge in [0.1, 0.15) is 5.75 Å². The van der Waals surface area contributed by atoms with Gasteiger partial charge in [0.15, 0.2) is 17.1 Å². The summed E-state index contributed by atoms with van der Waals surface area (Å²) in [5, 5.41) is 0.622. The highest BCUT2D eigenvalue weighted by molar-refractivity contribution is 6.30. The topological polar surface area (TPSA) is 48.0 Å². The van der Waals surface area contributed by atoms with Crippen molar-refractivity contribution in [2.75, 3.05) is 13.8 Å². The Bertz CT molecular complexity index is 773. The van der Waals surface area contributed by atoms with Gasteiger partial charge in [-0.25, -0.2) is 0 Å². The first-order valence-electron chi connectivity index (χ1n) is 7.94. The van der Waals surface area contributed by atoms with Crippen LogP contribution in [0.4, 0.5) is 0 Å². The van der Waals surface area contributed by atoms with Crippen LogP contribution < -0.4 is 14.2 Å². The molecular weight excluding hydrogens is 342 g/mol. The third-order valence-corrected chi connectivity index (χ3v) is 4.16. The molecule has 0 aliphatic carbocycles. The van der Waals surface area contributed by atoms with Crippen LogP contribution in [0.5, 0.6) is 17.2 Å². The summed E-state index contributed by atoms with van der Waals surface area (Å²) in [4.78, 5) is 14.4. The molecule has 0 spiro atoms. The van der Waals surface area contributed by atoms with Gasteiger partial charge in [-0.15, -0.1) is 0 Å². The molecule has 2 aromatic carbocycles. The van der Waals surface area contributed by atoms with Crippen LogP contribution >= 0.6 is 11.6 Å². The fourth-order valence-electron chi connectivity index (χ4n) is 2.69. The van der Waals surface area contributed by atoms with Crippen LogP contribution in [0.2, 0.25) is 5.02 Å². The Labute approximate surface area is 152 Å². The summed E-state index contributed by atoms with van der Waals surface area (Å²) >= 11 is 5.88. The van der Waals surface area contributed by atoms with Crippen molar-refractivity contribution in [2.45, 2.75) is 26.0 Å². The second-order valence-electron chi connectivity index (χ2n) is 6.42. The number of hydrogen-bond acceptors (Lipinski definition) is 4. The van der Waals surface area contributed by atoms with Crippen molar-refractivity contribution in [2.24, 2.45) is 0 Å². The molecule has 1 aliphatic rings. The van der Waals surface area contributed by atoms with Crippen molar-refractivity contribution in [1.29, 1.82) is 0 Å². The normalized spacial score (nSPS) is 12.8. The number of carbonyl (C=O) groups excluding carboxylic acids is 1. The van der Waals surface area contributed by atoms with Crippen molar-refractivity contribution in [3.8, 4) is 17.2 Å². The molecule has 6 heteroatoms. The Balaban J connectivity index is 1.67.